The molecule has 0 N–H and O–H groups in total. The molecule has 9 nitrogen and oxygen atoms in total. The first kappa shape index (κ1) is 25.1. The molecule has 0 spiro atoms. The summed E-state index contributed by atoms with van der Waals surface area (Å²) in [6.45, 7) is 10.1. The molecule has 2 amide bonds. The van der Waals surface area contributed by atoms with Gasteiger partial charge in [0.2, 0.25) is 35.1 Å². The molecule has 0 saturated heterocycles. The first-order valence-corrected chi connectivity index (χ1v) is 12.3. The molecule has 0 saturated carbocycles. The Morgan fingerprint density at radius 2 is 1.05 bits per heavy atom. The highest BCUT2D eigenvalue weighted by Gasteiger charge is 2.50. The van der Waals surface area contributed by atoms with Crippen molar-refractivity contribution in [2.75, 3.05) is 0 Å². The lowest BCUT2D eigenvalue weighted by atomic mass is 9.94. The van der Waals surface area contributed by atoms with Gasteiger partial charge in [0.05, 0.1) is 0 Å². The van der Waals surface area contributed by atoms with E-state index in [0.29, 0.717) is 34.3 Å². The summed E-state index contributed by atoms with van der Waals surface area (Å²) in [5.74, 6) is 0.0770. The zero-order valence-electron chi connectivity index (χ0n) is 22.2. The maximum absolute atomic E-state index is 12.8. The Hall–Kier alpha value is -4.53. The van der Waals surface area contributed by atoms with Gasteiger partial charge in [0.25, 0.3) is 0 Å². The van der Waals surface area contributed by atoms with E-state index >= 15 is 0 Å². The number of rotatable bonds is 4. The third-order valence-electron chi connectivity index (χ3n) is 6.82. The highest BCUT2D eigenvalue weighted by molar-refractivity contribution is 5.97. The van der Waals surface area contributed by atoms with Crippen molar-refractivity contribution in [3.05, 3.63) is 100 Å². The van der Waals surface area contributed by atoms with Crippen molar-refractivity contribution in [3.63, 3.8) is 0 Å². The van der Waals surface area contributed by atoms with Crippen LogP contribution in [0.3, 0.4) is 0 Å². The average molecular weight is 512 g/mol. The van der Waals surface area contributed by atoms with Gasteiger partial charge in [-0.1, -0.05) is 36.4 Å². The number of hydrogen-bond donors (Lipinski definition) is 0. The molecule has 3 heterocycles. The van der Waals surface area contributed by atoms with E-state index in [-0.39, 0.29) is 11.8 Å². The topological polar surface area (TPSA) is 96.7 Å². The second kappa shape index (κ2) is 9.09. The summed E-state index contributed by atoms with van der Waals surface area (Å²) >= 11 is 0. The van der Waals surface area contributed by atoms with Crippen molar-refractivity contribution in [3.8, 4) is 0 Å². The van der Waals surface area contributed by atoms with Gasteiger partial charge in [0.1, 0.15) is 0 Å². The van der Waals surface area contributed by atoms with E-state index in [4.69, 9.17) is 14.5 Å². The number of pyridine rings is 1. The summed E-state index contributed by atoms with van der Waals surface area (Å²) in [4.78, 5) is 30.3. The maximum Gasteiger partial charge on any atom is 0.243 e. The number of hydrogen-bond acceptors (Lipinski definition) is 7. The number of nitrogens with zero attached hydrogens (tertiary/aromatic N) is 5. The largest absolute Gasteiger partial charge is 0.443 e. The van der Waals surface area contributed by atoms with E-state index in [0.717, 1.165) is 11.1 Å². The second-order valence-electron chi connectivity index (χ2n) is 9.63. The van der Waals surface area contributed by atoms with Crippen LogP contribution in [0.1, 0.15) is 61.3 Å². The van der Waals surface area contributed by atoms with E-state index in [1.807, 2.05) is 80.6 Å². The molecule has 0 aliphatic carbocycles. The fourth-order valence-corrected chi connectivity index (χ4v) is 5.02. The third kappa shape index (κ3) is 4.00. The van der Waals surface area contributed by atoms with Crippen molar-refractivity contribution in [2.24, 2.45) is 10.2 Å². The minimum Gasteiger partial charge on any atom is -0.443 e. The average Bonchev–Trinajstić information content (AvgIpc) is 3.44. The monoisotopic (exact) mass is 511 g/mol. The van der Waals surface area contributed by atoms with Crippen molar-refractivity contribution in [1.82, 2.24) is 15.0 Å². The molecule has 9 heteroatoms. The molecule has 5 rings (SSSR count). The minimum absolute atomic E-state index is 0.289. The smallest absolute Gasteiger partial charge is 0.243 e. The van der Waals surface area contributed by atoms with Gasteiger partial charge in [0.15, 0.2) is 0 Å². The number of benzene rings is 2. The summed E-state index contributed by atoms with van der Waals surface area (Å²) in [7, 11) is 0. The number of carbonyl (C=O) groups is 2. The van der Waals surface area contributed by atoms with Gasteiger partial charge in [-0.25, -0.2) is 0 Å². The summed E-state index contributed by atoms with van der Waals surface area (Å²) in [5, 5.41) is 11.7. The van der Waals surface area contributed by atoms with Crippen LogP contribution in [-0.4, -0.2) is 38.6 Å². The van der Waals surface area contributed by atoms with Crippen LogP contribution >= 0.6 is 0 Å². The van der Waals surface area contributed by atoms with Gasteiger partial charge in [0, 0.05) is 61.3 Å². The number of amides is 2. The lowest BCUT2D eigenvalue weighted by Crippen LogP contribution is -2.44. The Balaban J connectivity index is 1.61. The molecule has 2 aromatic carbocycles. The molecular formula is C29H29N5O4. The summed E-state index contributed by atoms with van der Waals surface area (Å²) < 4.78 is 12.8. The van der Waals surface area contributed by atoms with Gasteiger partial charge < -0.3 is 9.47 Å². The Morgan fingerprint density at radius 3 is 1.39 bits per heavy atom. The maximum atomic E-state index is 12.8. The lowest BCUT2D eigenvalue weighted by Gasteiger charge is -2.35. The van der Waals surface area contributed by atoms with E-state index in [1.54, 1.807) is 13.8 Å². The third-order valence-corrected chi connectivity index (χ3v) is 6.82. The molecule has 0 fully saturated rings. The number of hydrazone groups is 2. The van der Waals surface area contributed by atoms with Gasteiger partial charge in [-0.2, -0.15) is 10.0 Å². The molecule has 1 aromatic heterocycles. The molecule has 194 valence electrons. The van der Waals surface area contributed by atoms with Crippen LogP contribution in [0.5, 0.6) is 0 Å². The van der Waals surface area contributed by atoms with Crippen LogP contribution in [-0.2, 0) is 30.5 Å². The van der Waals surface area contributed by atoms with Gasteiger partial charge in [-0.15, -0.1) is 10.2 Å². The van der Waals surface area contributed by atoms with Gasteiger partial charge >= 0.3 is 0 Å². The lowest BCUT2D eigenvalue weighted by molar-refractivity contribution is -0.146. The molecule has 2 aliphatic rings. The van der Waals surface area contributed by atoms with Crippen LogP contribution in [0.15, 0.2) is 76.9 Å². The molecule has 2 aliphatic heterocycles. The Bertz CT molecular complexity index is 1380. The van der Waals surface area contributed by atoms with Crippen LogP contribution in [0.2, 0.25) is 0 Å². The summed E-state index contributed by atoms with van der Waals surface area (Å²) in [6, 6.07) is 20.7. The Morgan fingerprint density at radius 1 is 0.684 bits per heavy atom. The predicted octanol–water partition coefficient (Wildman–Crippen LogP) is 4.52. The number of aryl methyl sites for hydroxylation is 2. The predicted molar refractivity (Wildman–Crippen MR) is 142 cm³/mol. The second-order valence-corrected chi connectivity index (χ2v) is 9.63. The number of aromatic nitrogens is 1. The van der Waals surface area contributed by atoms with Crippen molar-refractivity contribution >= 4 is 23.6 Å². The van der Waals surface area contributed by atoms with Crippen molar-refractivity contribution < 1.29 is 19.1 Å². The van der Waals surface area contributed by atoms with Gasteiger partial charge in [-0.3, -0.25) is 14.6 Å². The Labute approximate surface area is 221 Å². The summed E-state index contributed by atoms with van der Waals surface area (Å²) in [5.41, 5.74) is 1.47. The van der Waals surface area contributed by atoms with E-state index in [1.165, 1.54) is 23.9 Å². The molecule has 2 unspecified atom stereocenters. The molecule has 38 heavy (non-hydrogen) atoms. The molecule has 3 aromatic rings. The van der Waals surface area contributed by atoms with Crippen molar-refractivity contribution in [1.29, 1.82) is 0 Å². The van der Waals surface area contributed by atoms with Gasteiger partial charge in [-0.05, 0) is 44.2 Å². The standard InChI is InChI=1S/C29H29N5O4/c1-18-24(28(5)33(20(3)35)31-26(37-28)22-13-9-7-10-14-22)17-25(19(2)30-18)29(6)34(21(4)36)32-27(38-29)23-15-11-8-12-16-23/h7-17H,1-6H3. The highest BCUT2D eigenvalue weighted by atomic mass is 16.6. The SMILES string of the molecule is CC(=O)N1N=C(c2ccccc2)OC1(C)c1cc(C2(C)OC(c3ccccc3)=NN2C(C)=O)c(C)nc1C. The fourth-order valence-electron chi connectivity index (χ4n) is 5.02. The van der Waals surface area contributed by atoms with Crippen LogP contribution in [0, 0.1) is 13.8 Å². The highest BCUT2D eigenvalue weighted by Crippen LogP contribution is 2.43. The molecular weight excluding hydrogens is 482 g/mol. The Kier molecular flexibility index (Phi) is 6.01. The molecule has 2 atom stereocenters. The minimum atomic E-state index is -1.28. The molecule has 0 bridgehead atoms. The summed E-state index contributed by atoms with van der Waals surface area (Å²) in [6.07, 6.45) is 0. The number of ether oxygens (including phenoxy) is 2. The zero-order valence-corrected chi connectivity index (χ0v) is 22.2. The number of carbonyl (C=O) groups excluding carboxylic acids is 2. The first-order valence-electron chi connectivity index (χ1n) is 12.3. The van der Waals surface area contributed by atoms with Crippen LogP contribution in [0.4, 0.5) is 0 Å². The fraction of sp³-hybridized carbons (Fsp3) is 0.276. The quantitative estimate of drug-likeness (QED) is 0.513. The van der Waals surface area contributed by atoms with E-state index in [2.05, 4.69) is 10.2 Å². The normalized spacial score (nSPS) is 22.5. The first-order chi connectivity index (χ1) is 18.0. The van der Waals surface area contributed by atoms with Crippen LogP contribution < -0.4 is 0 Å². The zero-order chi connectivity index (χ0) is 27.2. The van der Waals surface area contributed by atoms with E-state index in [9.17, 15) is 9.59 Å². The molecule has 0 radical (unpaired) electrons. The van der Waals surface area contributed by atoms with Crippen molar-refractivity contribution in [2.45, 2.75) is 53.0 Å². The van der Waals surface area contributed by atoms with E-state index < -0.39 is 11.4 Å². The van der Waals surface area contributed by atoms with Crippen LogP contribution in [0.25, 0.3) is 0 Å².